The van der Waals surface area contributed by atoms with Crippen LogP contribution >= 0.6 is 27.5 Å². The average molecular weight is 273 g/mol. The van der Waals surface area contributed by atoms with Crippen molar-refractivity contribution < 1.29 is 0 Å². The molecule has 1 aliphatic rings. The summed E-state index contributed by atoms with van der Waals surface area (Å²) in [5.74, 6) is 0. The van der Waals surface area contributed by atoms with E-state index in [-0.39, 0.29) is 5.38 Å². The van der Waals surface area contributed by atoms with Crippen LogP contribution in [0.2, 0.25) is 0 Å². The fourth-order valence-electron chi connectivity index (χ4n) is 1.64. The number of rotatable bonds is 2. The molecule has 1 atom stereocenters. The molecule has 1 aromatic heterocycles. The second-order valence-electron chi connectivity index (χ2n) is 3.52. The van der Waals surface area contributed by atoms with Crippen LogP contribution in [0.5, 0.6) is 0 Å². The van der Waals surface area contributed by atoms with Crippen molar-refractivity contribution in [2.24, 2.45) is 0 Å². The Labute approximate surface area is 97.3 Å². The maximum Gasteiger partial charge on any atom is 0.0521 e. The zero-order valence-corrected chi connectivity index (χ0v) is 10.1. The predicted molar refractivity (Wildman–Crippen MR) is 62.6 cm³/mol. The summed E-state index contributed by atoms with van der Waals surface area (Å²) in [6, 6.07) is 4.07. The van der Waals surface area contributed by atoms with Crippen LogP contribution in [0.25, 0.3) is 0 Å². The molecule has 14 heavy (non-hydrogen) atoms. The number of pyridine rings is 1. The molecule has 1 unspecified atom stereocenters. The normalized spacial score (nSPS) is 21.0. The summed E-state index contributed by atoms with van der Waals surface area (Å²) in [6.45, 7) is 0. The van der Waals surface area contributed by atoms with E-state index in [1.807, 2.05) is 18.3 Å². The van der Waals surface area contributed by atoms with Gasteiger partial charge in [-0.05, 0) is 40.9 Å². The summed E-state index contributed by atoms with van der Waals surface area (Å²) in [6.07, 6.45) is 7.13. The zero-order chi connectivity index (χ0) is 9.97. The van der Waals surface area contributed by atoms with Gasteiger partial charge in [0.15, 0.2) is 0 Å². The SMILES string of the molecule is ClC1C=C(Cc2ccc(Br)cn2)CC1. The third kappa shape index (κ3) is 2.58. The van der Waals surface area contributed by atoms with E-state index in [9.17, 15) is 0 Å². The maximum atomic E-state index is 5.99. The Balaban J connectivity index is 2.04. The lowest BCUT2D eigenvalue weighted by molar-refractivity contribution is 0.883. The number of hydrogen-bond donors (Lipinski definition) is 0. The Bertz CT molecular complexity index is 345. The monoisotopic (exact) mass is 271 g/mol. The lowest BCUT2D eigenvalue weighted by atomic mass is 10.1. The molecule has 1 aliphatic carbocycles. The van der Waals surface area contributed by atoms with Crippen LogP contribution in [0.3, 0.4) is 0 Å². The van der Waals surface area contributed by atoms with Crippen molar-refractivity contribution in [1.82, 2.24) is 4.98 Å². The highest BCUT2D eigenvalue weighted by Crippen LogP contribution is 2.25. The molecule has 0 aromatic carbocycles. The number of halogens is 2. The molecule has 0 aliphatic heterocycles. The molecular formula is C11H11BrClN. The molecule has 1 aromatic rings. The Kier molecular flexibility index (Phi) is 3.24. The fourth-order valence-corrected chi connectivity index (χ4v) is 2.16. The third-order valence-electron chi connectivity index (χ3n) is 2.35. The molecule has 74 valence electrons. The largest absolute Gasteiger partial charge is 0.260 e. The molecular weight excluding hydrogens is 261 g/mol. The summed E-state index contributed by atoms with van der Waals surface area (Å²) in [7, 11) is 0. The maximum absolute atomic E-state index is 5.99. The number of nitrogens with zero attached hydrogens (tertiary/aromatic N) is 1. The summed E-state index contributed by atoms with van der Waals surface area (Å²) in [4.78, 5) is 4.34. The topological polar surface area (TPSA) is 12.9 Å². The molecule has 0 fully saturated rings. The first-order valence-corrected chi connectivity index (χ1v) is 5.91. The minimum Gasteiger partial charge on any atom is -0.260 e. The molecule has 0 spiro atoms. The highest BCUT2D eigenvalue weighted by Gasteiger charge is 2.13. The van der Waals surface area contributed by atoms with Crippen LogP contribution in [-0.2, 0) is 6.42 Å². The summed E-state index contributed by atoms with van der Waals surface area (Å²) < 4.78 is 1.02. The minimum absolute atomic E-state index is 0.237. The second kappa shape index (κ2) is 4.45. The second-order valence-corrected chi connectivity index (χ2v) is 5.00. The average Bonchev–Trinajstić information content (AvgIpc) is 2.56. The van der Waals surface area contributed by atoms with Crippen molar-refractivity contribution in [3.05, 3.63) is 40.1 Å². The van der Waals surface area contributed by atoms with Crippen LogP contribution in [0.15, 0.2) is 34.5 Å². The summed E-state index contributed by atoms with van der Waals surface area (Å²) >= 11 is 9.36. The molecule has 2 rings (SSSR count). The number of alkyl halides is 1. The van der Waals surface area contributed by atoms with E-state index in [1.165, 1.54) is 5.57 Å². The van der Waals surface area contributed by atoms with Gasteiger partial charge in [0.2, 0.25) is 0 Å². The van der Waals surface area contributed by atoms with Gasteiger partial charge in [-0.2, -0.15) is 0 Å². The highest BCUT2D eigenvalue weighted by molar-refractivity contribution is 9.10. The lowest BCUT2D eigenvalue weighted by Crippen LogP contribution is -1.91. The first kappa shape index (κ1) is 10.2. The van der Waals surface area contributed by atoms with Gasteiger partial charge in [0.1, 0.15) is 0 Å². The molecule has 0 bridgehead atoms. The molecule has 0 amide bonds. The number of aromatic nitrogens is 1. The van der Waals surface area contributed by atoms with Crippen LogP contribution in [0.1, 0.15) is 18.5 Å². The predicted octanol–water partition coefficient (Wildman–Crippen LogP) is 3.71. The van der Waals surface area contributed by atoms with Gasteiger partial charge in [0.05, 0.1) is 5.38 Å². The van der Waals surface area contributed by atoms with Crippen molar-refractivity contribution in [1.29, 1.82) is 0 Å². The zero-order valence-electron chi connectivity index (χ0n) is 7.71. The lowest BCUT2D eigenvalue weighted by Gasteiger charge is -2.00. The number of hydrogen-bond acceptors (Lipinski definition) is 1. The van der Waals surface area contributed by atoms with Crippen LogP contribution in [0, 0.1) is 0 Å². The van der Waals surface area contributed by atoms with Crippen molar-refractivity contribution in [3.63, 3.8) is 0 Å². The van der Waals surface area contributed by atoms with Gasteiger partial charge in [-0.1, -0.05) is 11.6 Å². The van der Waals surface area contributed by atoms with E-state index in [1.54, 1.807) is 0 Å². The Morgan fingerprint density at radius 2 is 2.36 bits per heavy atom. The minimum atomic E-state index is 0.237. The van der Waals surface area contributed by atoms with Gasteiger partial charge in [-0.3, -0.25) is 4.98 Å². The van der Waals surface area contributed by atoms with Gasteiger partial charge in [-0.25, -0.2) is 0 Å². The molecule has 0 saturated heterocycles. The molecule has 0 N–H and O–H groups in total. The van der Waals surface area contributed by atoms with E-state index in [0.717, 1.165) is 29.4 Å². The summed E-state index contributed by atoms with van der Waals surface area (Å²) in [5, 5.41) is 0.237. The highest BCUT2D eigenvalue weighted by atomic mass is 79.9. The fraction of sp³-hybridized carbons (Fsp3) is 0.364. The van der Waals surface area contributed by atoms with Gasteiger partial charge < -0.3 is 0 Å². The van der Waals surface area contributed by atoms with E-state index >= 15 is 0 Å². The van der Waals surface area contributed by atoms with E-state index in [4.69, 9.17) is 11.6 Å². The van der Waals surface area contributed by atoms with Gasteiger partial charge in [-0.15, -0.1) is 11.6 Å². The van der Waals surface area contributed by atoms with Gasteiger partial charge >= 0.3 is 0 Å². The first-order valence-electron chi connectivity index (χ1n) is 4.68. The summed E-state index contributed by atoms with van der Waals surface area (Å²) in [5.41, 5.74) is 2.53. The quantitative estimate of drug-likeness (QED) is 0.591. The van der Waals surface area contributed by atoms with E-state index in [2.05, 4.69) is 27.0 Å². The van der Waals surface area contributed by atoms with Gasteiger partial charge in [0, 0.05) is 22.8 Å². The molecule has 1 heterocycles. The van der Waals surface area contributed by atoms with Crippen molar-refractivity contribution in [2.45, 2.75) is 24.6 Å². The molecule has 0 radical (unpaired) electrons. The van der Waals surface area contributed by atoms with Crippen LogP contribution in [0.4, 0.5) is 0 Å². The molecule has 3 heteroatoms. The van der Waals surface area contributed by atoms with Gasteiger partial charge in [0.25, 0.3) is 0 Å². The molecule has 1 nitrogen and oxygen atoms in total. The first-order chi connectivity index (χ1) is 6.74. The van der Waals surface area contributed by atoms with Crippen LogP contribution < -0.4 is 0 Å². The van der Waals surface area contributed by atoms with Crippen molar-refractivity contribution in [2.75, 3.05) is 0 Å². The van der Waals surface area contributed by atoms with Crippen molar-refractivity contribution in [3.8, 4) is 0 Å². The molecule has 0 saturated carbocycles. The standard InChI is InChI=1S/C11H11BrClN/c12-9-2-4-11(14-7-9)6-8-1-3-10(13)5-8/h2,4-5,7,10H,1,3,6H2. The van der Waals surface area contributed by atoms with Crippen molar-refractivity contribution >= 4 is 27.5 Å². The van der Waals surface area contributed by atoms with Crippen LogP contribution in [-0.4, -0.2) is 10.4 Å². The van der Waals surface area contributed by atoms with E-state index in [0.29, 0.717) is 0 Å². The Hall–Kier alpha value is -0.340. The third-order valence-corrected chi connectivity index (χ3v) is 3.17. The Morgan fingerprint density at radius 3 is 2.93 bits per heavy atom. The van der Waals surface area contributed by atoms with E-state index < -0.39 is 0 Å². The Morgan fingerprint density at radius 1 is 1.50 bits per heavy atom. The smallest absolute Gasteiger partial charge is 0.0521 e. The number of allylic oxidation sites excluding steroid dienone is 2.